The molecule has 2 fully saturated rings. The van der Waals surface area contributed by atoms with Crippen LogP contribution < -0.4 is 5.73 Å². The molecule has 2 unspecified atom stereocenters. The fourth-order valence-electron chi connectivity index (χ4n) is 3.23. The minimum atomic E-state index is -3.13. The van der Waals surface area contributed by atoms with Gasteiger partial charge < -0.3 is 10.6 Å². The number of carbonyl (C=O) groups is 1. The minimum absolute atomic E-state index is 0.0853. The van der Waals surface area contributed by atoms with E-state index in [4.69, 9.17) is 5.73 Å². The van der Waals surface area contributed by atoms with Crippen LogP contribution in [0.15, 0.2) is 0 Å². The molecule has 6 nitrogen and oxygen atoms in total. The summed E-state index contributed by atoms with van der Waals surface area (Å²) in [5, 5.41) is 0. The fourth-order valence-corrected chi connectivity index (χ4v) is 4.05. The Balaban J connectivity index is 1.88. The molecule has 0 bridgehead atoms. The van der Waals surface area contributed by atoms with E-state index in [1.165, 1.54) is 10.6 Å². The summed E-state index contributed by atoms with van der Waals surface area (Å²) in [6, 6.07) is 0. The van der Waals surface area contributed by atoms with Crippen LogP contribution in [-0.2, 0) is 14.8 Å². The zero-order valence-corrected chi connectivity index (χ0v) is 12.9. The molecule has 2 aliphatic rings. The lowest BCUT2D eigenvalue weighted by Gasteiger charge is -2.37. The van der Waals surface area contributed by atoms with Gasteiger partial charge in [-0.25, -0.2) is 8.42 Å². The van der Waals surface area contributed by atoms with Crippen molar-refractivity contribution in [3.63, 3.8) is 0 Å². The van der Waals surface area contributed by atoms with Crippen LogP contribution in [0.1, 0.15) is 25.7 Å². The molecule has 0 radical (unpaired) electrons. The molecule has 0 aromatic heterocycles. The number of nitrogens with zero attached hydrogens (tertiary/aromatic N) is 2. The van der Waals surface area contributed by atoms with Crippen molar-refractivity contribution in [2.45, 2.75) is 25.7 Å². The number of amides is 1. The Bertz CT molecular complexity index is 444. The van der Waals surface area contributed by atoms with E-state index >= 15 is 0 Å². The first kappa shape index (κ1) is 15.7. The summed E-state index contributed by atoms with van der Waals surface area (Å²) >= 11 is 0. The van der Waals surface area contributed by atoms with E-state index in [0.717, 1.165) is 25.7 Å². The highest BCUT2D eigenvalue weighted by Gasteiger charge is 2.32. The lowest BCUT2D eigenvalue weighted by Crippen LogP contribution is -2.52. The van der Waals surface area contributed by atoms with Gasteiger partial charge in [-0.2, -0.15) is 4.31 Å². The second kappa shape index (κ2) is 6.41. The Hall–Kier alpha value is -0.660. The number of hydrogen-bond acceptors (Lipinski definition) is 4. The summed E-state index contributed by atoms with van der Waals surface area (Å²) in [5.41, 5.74) is 5.71. The highest BCUT2D eigenvalue weighted by molar-refractivity contribution is 7.88. The molecule has 1 amide bonds. The van der Waals surface area contributed by atoms with Crippen molar-refractivity contribution in [2.24, 2.45) is 17.6 Å². The molecule has 116 valence electrons. The van der Waals surface area contributed by atoms with Crippen LogP contribution in [0.2, 0.25) is 0 Å². The van der Waals surface area contributed by atoms with Gasteiger partial charge in [0.1, 0.15) is 0 Å². The normalized spacial score (nSPS) is 29.4. The van der Waals surface area contributed by atoms with Gasteiger partial charge in [-0.3, -0.25) is 4.79 Å². The lowest BCUT2D eigenvalue weighted by atomic mass is 9.80. The maximum absolute atomic E-state index is 12.5. The molecule has 1 saturated carbocycles. The van der Waals surface area contributed by atoms with Crippen molar-refractivity contribution in [1.29, 1.82) is 0 Å². The first-order chi connectivity index (χ1) is 9.41. The molecule has 0 aromatic carbocycles. The van der Waals surface area contributed by atoms with Crippen molar-refractivity contribution < 1.29 is 13.2 Å². The first-order valence-electron chi connectivity index (χ1n) is 7.35. The Morgan fingerprint density at radius 2 is 1.85 bits per heavy atom. The number of nitrogens with two attached hydrogens (primary N) is 1. The average Bonchev–Trinajstić information content (AvgIpc) is 2.46. The number of carbonyl (C=O) groups excluding carboxylic acids is 1. The van der Waals surface area contributed by atoms with Crippen LogP contribution in [0.4, 0.5) is 0 Å². The monoisotopic (exact) mass is 303 g/mol. The molecule has 2 N–H and O–H groups in total. The van der Waals surface area contributed by atoms with Crippen LogP contribution in [0.3, 0.4) is 0 Å². The zero-order chi connectivity index (χ0) is 14.8. The number of sulfonamides is 1. The summed E-state index contributed by atoms with van der Waals surface area (Å²) in [4.78, 5) is 14.3. The van der Waals surface area contributed by atoms with Crippen molar-refractivity contribution in [2.75, 3.05) is 39.0 Å². The Labute approximate surface area is 121 Å². The van der Waals surface area contributed by atoms with E-state index in [9.17, 15) is 13.2 Å². The second-order valence-corrected chi connectivity index (χ2v) is 7.94. The van der Waals surface area contributed by atoms with E-state index in [0.29, 0.717) is 38.6 Å². The smallest absolute Gasteiger partial charge is 0.225 e. The fraction of sp³-hybridized carbons (Fsp3) is 0.923. The number of hydrogen-bond donors (Lipinski definition) is 1. The quantitative estimate of drug-likeness (QED) is 0.786. The van der Waals surface area contributed by atoms with Gasteiger partial charge in [0.2, 0.25) is 15.9 Å². The Morgan fingerprint density at radius 1 is 1.20 bits per heavy atom. The van der Waals surface area contributed by atoms with E-state index in [-0.39, 0.29) is 11.8 Å². The average molecular weight is 303 g/mol. The van der Waals surface area contributed by atoms with Crippen molar-refractivity contribution in [3.05, 3.63) is 0 Å². The molecular weight excluding hydrogens is 278 g/mol. The van der Waals surface area contributed by atoms with Crippen LogP contribution >= 0.6 is 0 Å². The van der Waals surface area contributed by atoms with E-state index in [1.54, 1.807) is 0 Å². The molecule has 2 atom stereocenters. The predicted molar refractivity (Wildman–Crippen MR) is 77.5 cm³/mol. The maximum Gasteiger partial charge on any atom is 0.225 e. The minimum Gasteiger partial charge on any atom is -0.340 e. The number of rotatable bonds is 3. The summed E-state index contributed by atoms with van der Waals surface area (Å²) in [7, 11) is -3.13. The molecule has 1 aliphatic carbocycles. The summed E-state index contributed by atoms with van der Waals surface area (Å²) < 4.78 is 24.4. The van der Waals surface area contributed by atoms with Gasteiger partial charge in [-0.05, 0) is 31.7 Å². The third-order valence-electron chi connectivity index (χ3n) is 4.48. The molecule has 0 aromatic rings. The van der Waals surface area contributed by atoms with Gasteiger partial charge in [0.25, 0.3) is 0 Å². The highest BCUT2D eigenvalue weighted by atomic mass is 32.2. The standard InChI is InChI=1S/C13H25N3O3S/c1-20(18,19)16-7-5-15(6-8-16)13(17)12-4-2-3-11(9-12)10-14/h11-12H,2-10,14H2,1H3. The van der Waals surface area contributed by atoms with Gasteiger partial charge in [-0.1, -0.05) is 6.42 Å². The van der Waals surface area contributed by atoms with Crippen LogP contribution in [0, 0.1) is 11.8 Å². The number of piperazine rings is 1. The molecule has 1 saturated heterocycles. The Kier molecular flexibility index (Phi) is 5.04. The molecular formula is C13H25N3O3S. The summed E-state index contributed by atoms with van der Waals surface area (Å²) in [6.07, 6.45) is 5.25. The third kappa shape index (κ3) is 3.71. The van der Waals surface area contributed by atoms with Crippen molar-refractivity contribution in [3.8, 4) is 0 Å². The third-order valence-corrected chi connectivity index (χ3v) is 5.79. The zero-order valence-electron chi connectivity index (χ0n) is 12.1. The SMILES string of the molecule is CS(=O)(=O)N1CCN(C(=O)C2CCCC(CN)C2)CC1. The molecule has 0 spiro atoms. The summed E-state index contributed by atoms with van der Waals surface area (Å²) in [6.45, 7) is 2.51. The van der Waals surface area contributed by atoms with E-state index < -0.39 is 10.0 Å². The van der Waals surface area contributed by atoms with Gasteiger partial charge >= 0.3 is 0 Å². The largest absolute Gasteiger partial charge is 0.340 e. The highest BCUT2D eigenvalue weighted by Crippen LogP contribution is 2.30. The topological polar surface area (TPSA) is 83.7 Å². The van der Waals surface area contributed by atoms with Gasteiger partial charge in [-0.15, -0.1) is 0 Å². The van der Waals surface area contributed by atoms with Crippen molar-refractivity contribution >= 4 is 15.9 Å². The van der Waals surface area contributed by atoms with Crippen molar-refractivity contribution in [1.82, 2.24) is 9.21 Å². The molecule has 7 heteroatoms. The predicted octanol–water partition coefficient (Wildman–Crippen LogP) is -0.145. The first-order valence-corrected chi connectivity index (χ1v) is 9.20. The van der Waals surface area contributed by atoms with Gasteiger partial charge in [0.15, 0.2) is 0 Å². The lowest BCUT2D eigenvalue weighted by molar-refractivity contribution is -0.138. The van der Waals surface area contributed by atoms with Gasteiger partial charge in [0, 0.05) is 32.1 Å². The molecule has 1 aliphatic heterocycles. The second-order valence-electron chi connectivity index (χ2n) is 5.95. The van der Waals surface area contributed by atoms with Gasteiger partial charge in [0.05, 0.1) is 6.26 Å². The van der Waals surface area contributed by atoms with Crippen LogP contribution in [0.5, 0.6) is 0 Å². The maximum atomic E-state index is 12.5. The van der Waals surface area contributed by atoms with Crippen LogP contribution in [0.25, 0.3) is 0 Å². The molecule has 20 heavy (non-hydrogen) atoms. The summed E-state index contributed by atoms with van der Waals surface area (Å²) in [5.74, 6) is 0.744. The molecule has 1 heterocycles. The van der Waals surface area contributed by atoms with Crippen LogP contribution in [-0.4, -0.2) is 62.5 Å². The van der Waals surface area contributed by atoms with E-state index in [2.05, 4.69) is 0 Å². The van der Waals surface area contributed by atoms with E-state index in [1.807, 2.05) is 4.90 Å². The Morgan fingerprint density at radius 3 is 2.40 bits per heavy atom. The molecule has 2 rings (SSSR count).